The van der Waals surface area contributed by atoms with Crippen LogP contribution in [-0.2, 0) is 0 Å². The molecule has 156 valence electrons. The van der Waals surface area contributed by atoms with Crippen molar-refractivity contribution in [3.8, 4) is 11.3 Å². The van der Waals surface area contributed by atoms with Gasteiger partial charge in [0.15, 0.2) is 10.2 Å². The van der Waals surface area contributed by atoms with E-state index >= 15 is 0 Å². The van der Waals surface area contributed by atoms with E-state index in [1.165, 1.54) is 16.7 Å². The molecule has 5 aromatic rings. The summed E-state index contributed by atoms with van der Waals surface area (Å²) in [4.78, 5) is 17.5. The van der Waals surface area contributed by atoms with Crippen LogP contribution in [0.5, 0.6) is 0 Å². The van der Waals surface area contributed by atoms with Crippen LogP contribution in [0.4, 0.5) is 5.13 Å². The van der Waals surface area contributed by atoms with Crippen LogP contribution in [0.15, 0.2) is 88.7 Å². The predicted octanol–water partition coefficient (Wildman–Crippen LogP) is 7.01. The Morgan fingerprint density at radius 3 is 2.56 bits per heavy atom. The zero-order valence-electron chi connectivity index (χ0n) is 16.6. The Balaban J connectivity index is 1.31. The molecule has 0 saturated carbocycles. The highest BCUT2D eigenvalue weighted by atomic mass is 79.9. The molecule has 2 N–H and O–H groups in total. The van der Waals surface area contributed by atoms with Gasteiger partial charge in [0, 0.05) is 21.0 Å². The summed E-state index contributed by atoms with van der Waals surface area (Å²) in [6.07, 6.45) is 0. The van der Waals surface area contributed by atoms with Gasteiger partial charge in [-0.2, -0.15) is 0 Å². The molecular weight excluding hydrogens is 502 g/mol. The number of thiocarbonyl (C=S) groups is 1. The molecular formula is C25H16BrN3OS2. The Bertz CT molecular complexity index is 1500. The van der Waals surface area contributed by atoms with E-state index in [-0.39, 0.29) is 11.0 Å². The molecule has 0 saturated heterocycles. The highest BCUT2D eigenvalue weighted by molar-refractivity contribution is 9.10. The highest BCUT2D eigenvalue weighted by Gasteiger charge is 2.14. The molecule has 1 amide bonds. The van der Waals surface area contributed by atoms with E-state index in [1.807, 2.05) is 47.8 Å². The van der Waals surface area contributed by atoms with Gasteiger partial charge in [-0.25, -0.2) is 4.98 Å². The number of fused-ring (bicyclic) bond motifs is 2. The monoisotopic (exact) mass is 517 g/mol. The number of nitrogens with one attached hydrogen (secondary N) is 2. The molecule has 7 heteroatoms. The van der Waals surface area contributed by atoms with Gasteiger partial charge in [-0.3, -0.25) is 10.1 Å². The van der Waals surface area contributed by atoms with E-state index in [0.29, 0.717) is 10.7 Å². The van der Waals surface area contributed by atoms with Gasteiger partial charge in [-0.15, -0.1) is 11.3 Å². The topological polar surface area (TPSA) is 54.0 Å². The summed E-state index contributed by atoms with van der Waals surface area (Å²) >= 11 is 10.3. The van der Waals surface area contributed by atoms with Crippen LogP contribution < -0.4 is 10.6 Å². The van der Waals surface area contributed by atoms with Crippen LogP contribution in [0, 0.1) is 0 Å². The number of amides is 1. The number of thiazole rings is 1. The minimum atomic E-state index is -0.266. The number of rotatable bonds is 3. The predicted molar refractivity (Wildman–Crippen MR) is 140 cm³/mol. The minimum absolute atomic E-state index is 0.210. The number of nitrogens with zero attached hydrogens (tertiary/aromatic N) is 1. The first kappa shape index (κ1) is 20.8. The number of hydrogen-bond donors (Lipinski definition) is 2. The van der Waals surface area contributed by atoms with Crippen LogP contribution in [-0.4, -0.2) is 16.0 Å². The quantitative estimate of drug-likeness (QED) is 0.253. The zero-order chi connectivity index (χ0) is 22.1. The van der Waals surface area contributed by atoms with Gasteiger partial charge < -0.3 is 5.32 Å². The largest absolute Gasteiger partial charge is 0.308 e. The first-order valence-corrected chi connectivity index (χ1v) is 11.9. The van der Waals surface area contributed by atoms with Crippen LogP contribution in [0.2, 0.25) is 0 Å². The Morgan fingerprint density at radius 1 is 0.906 bits per heavy atom. The molecule has 4 nitrogen and oxygen atoms in total. The molecule has 0 aliphatic rings. The lowest BCUT2D eigenvalue weighted by Gasteiger charge is -2.10. The van der Waals surface area contributed by atoms with Crippen LogP contribution in [0.3, 0.4) is 0 Å². The third-order valence-corrected chi connectivity index (χ3v) is 6.76. The molecule has 32 heavy (non-hydrogen) atoms. The molecule has 5 rings (SSSR count). The summed E-state index contributed by atoms with van der Waals surface area (Å²) in [5.74, 6) is -0.266. The first-order chi connectivity index (χ1) is 15.6. The molecule has 0 radical (unpaired) electrons. The van der Waals surface area contributed by atoms with E-state index in [1.54, 1.807) is 6.07 Å². The summed E-state index contributed by atoms with van der Waals surface area (Å²) in [7, 11) is 0. The highest BCUT2D eigenvalue weighted by Crippen LogP contribution is 2.28. The van der Waals surface area contributed by atoms with Crippen LogP contribution in [0.1, 0.15) is 10.4 Å². The second-order valence-corrected chi connectivity index (χ2v) is 9.27. The van der Waals surface area contributed by atoms with E-state index in [4.69, 9.17) is 12.2 Å². The maximum absolute atomic E-state index is 12.9. The Labute approximate surface area is 202 Å². The second-order valence-electron chi connectivity index (χ2n) is 7.15. The smallest absolute Gasteiger partial charge is 0.258 e. The van der Waals surface area contributed by atoms with Gasteiger partial charge in [-0.05, 0) is 52.0 Å². The van der Waals surface area contributed by atoms with Crippen molar-refractivity contribution in [1.29, 1.82) is 0 Å². The number of benzene rings is 4. The third-order valence-electron chi connectivity index (χ3n) is 5.11. The number of halogens is 1. The average molecular weight is 518 g/mol. The molecule has 0 aliphatic carbocycles. The van der Waals surface area contributed by atoms with Crippen molar-refractivity contribution in [1.82, 2.24) is 10.3 Å². The number of carbonyl (C=O) groups is 1. The Kier molecular flexibility index (Phi) is 5.70. The van der Waals surface area contributed by atoms with Crippen molar-refractivity contribution in [2.45, 2.75) is 0 Å². The summed E-state index contributed by atoms with van der Waals surface area (Å²) in [5, 5.41) is 12.8. The molecule has 0 atom stereocenters. The summed E-state index contributed by atoms with van der Waals surface area (Å²) in [6, 6.07) is 25.9. The fourth-order valence-corrected chi connectivity index (χ4v) is 5.06. The van der Waals surface area contributed by atoms with Crippen molar-refractivity contribution < 1.29 is 4.79 Å². The second kappa shape index (κ2) is 8.78. The van der Waals surface area contributed by atoms with Crippen molar-refractivity contribution in [2.24, 2.45) is 0 Å². The van der Waals surface area contributed by atoms with E-state index in [0.717, 1.165) is 31.9 Å². The van der Waals surface area contributed by atoms with Gasteiger partial charge in [-0.1, -0.05) is 76.6 Å². The molecule has 4 aromatic carbocycles. The molecule has 1 aromatic heterocycles. The summed E-state index contributed by atoms with van der Waals surface area (Å²) < 4.78 is 0.939. The molecule has 0 unspecified atom stereocenters. The minimum Gasteiger partial charge on any atom is -0.308 e. The number of carbonyl (C=O) groups excluding carboxylic acids is 1. The van der Waals surface area contributed by atoms with Crippen molar-refractivity contribution in [3.63, 3.8) is 0 Å². The summed E-state index contributed by atoms with van der Waals surface area (Å²) in [5.41, 5.74) is 2.45. The van der Waals surface area contributed by atoms with Crippen molar-refractivity contribution >= 4 is 77.2 Å². The van der Waals surface area contributed by atoms with E-state index in [2.05, 4.69) is 61.9 Å². The van der Waals surface area contributed by atoms with Crippen LogP contribution in [0.25, 0.3) is 32.8 Å². The Hall–Kier alpha value is -3.13. The molecule has 0 spiro atoms. The fourth-order valence-electron chi connectivity index (χ4n) is 3.58. The molecule has 1 heterocycles. The molecule has 0 bridgehead atoms. The Morgan fingerprint density at radius 2 is 1.69 bits per heavy atom. The van der Waals surface area contributed by atoms with Gasteiger partial charge in [0.1, 0.15) is 0 Å². The van der Waals surface area contributed by atoms with Gasteiger partial charge >= 0.3 is 0 Å². The third kappa shape index (κ3) is 4.14. The molecule has 0 fully saturated rings. The molecule has 0 aliphatic heterocycles. The fraction of sp³-hybridized carbons (Fsp3) is 0. The van der Waals surface area contributed by atoms with Crippen LogP contribution >= 0.6 is 39.5 Å². The van der Waals surface area contributed by atoms with E-state index < -0.39 is 0 Å². The number of hydrogen-bond acceptors (Lipinski definition) is 4. The van der Waals surface area contributed by atoms with Gasteiger partial charge in [0.25, 0.3) is 5.91 Å². The van der Waals surface area contributed by atoms with E-state index in [9.17, 15) is 4.79 Å². The maximum Gasteiger partial charge on any atom is 0.258 e. The van der Waals surface area contributed by atoms with Crippen molar-refractivity contribution in [2.75, 3.05) is 5.32 Å². The maximum atomic E-state index is 12.9. The average Bonchev–Trinajstić information content (AvgIpc) is 3.27. The standard InChI is InChI=1S/C25H16BrN3OS2/c26-21-10-4-7-18-19(21)8-3-9-20(18)23(30)28-24(31)29-25-27-22(14-32-25)17-12-11-15-5-1-2-6-16(15)13-17/h1-14H,(H2,27,28,29,30,31). The lowest BCUT2D eigenvalue weighted by atomic mass is 10.0. The lowest BCUT2D eigenvalue weighted by Crippen LogP contribution is -2.34. The van der Waals surface area contributed by atoms with Gasteiger partial charge in [0.2, 0.25) is 0 Å². The number of aromatic nitrogens is 1. The number of anilines is 1. The zero-order valence-corrected chi connectivity index (χ0v) is 19.9. The normalized spacial score (nSPS) is 10.9. The SMILES string of the molecule is O=C(NC(=S)Nc1nc(-c2ccc3ccccc3c2)cs1)c1cccc2c(Br)cccc12. The van der Waals surface area contributed by atoms with Gasteiger partial charge in [0.05, 0.1) is 5.69 Å². The van der Waals surface area contributed by atoms with Crippen molar-refractivity contribution in [3.05, 3.63) is 94.3 Å². The first-order valence-electron chi connectivity index (χ1n) is 9.83. The summed E-state index contributed by atoms with van der Waals surface area (Å²) in [6.45, 7) is 0. The lowest BCUT2D eigenvalue weighted by molar-refractivity contribution is 0.0979.